The molecule has 0 spiro atoms. The topological polar surface area (TPSA) is 41.5 Å². The van der Waals surface area contributed by atoms with Crippen molar-refractivity contribution >= 4 is 11.8 Å². The molecular weight excluding hydrogens is 186 g/mol. The molecule has 0 saturated heterocycles. The van der Waals surface area contributed by atoms with Crippen LogP contribution in [0.1, 0.15) is 5.56 Å². The Kier molecular flexibility index (Phi) is 4.08. The summed E-state index contributed by atoms with van der Waals surface area (Å²) in [6, 6.07) is 5.82. The summed E-state index contributed by atoms with van der Waals surface area (Å²) in [5.74, 6) is 0.799. The van der Waals surface area contributed by atoms with E-state index in [0.29, 0.717) is 6.54 Å². The van der Waals surface area contributed by atoms with Gasteiger partial charge in [0.25, 0.3) is 0 Å². The molecule has 0 aliphatic rings. The van der Waals surface area contributed by atoms with Crippen LogP contribution in [0.15, 0.2) is 23.1 Å². The minimum atomic E-state index is 0.403. The van der Waals surface area contributed by atoms with Crippen LogP contribution in [-0.4, -0.2) is 18.6 Å². The predicted octanol–water partition coefficient (Wildman–Crippen LogP) is 1.90. The Bertz CT molecular complexity index is 256. The van der Waals surface area contributed by atoms with Gasteiger partial charge in [0.2, 0.25) is 0 Å². The molecule has 0 bridgehead atoms. The molecule has 0 saturated carbocycles. The third-order valence-corrected chi connectivity index (χ3v) is 2.61. The Hall–Kier alpha value is -0.710. The number of benzene rings is 1. The zero-order valence-electron chi connectivity index (χ0n) is 7.70. The molecule has 1 aromatic carbocycles. The normalized spacial score (nSPS) is 10.1. The summed E-state index contributed by atoms with van der Waals surface area (Å²) < 4.78 is 5.18. The molecule has 0 radical (unpaired) electrons. The van der Waals surface area contributed by atoms with Gasteiger partial charge in [-0.05, 0) is 18.4 Å². The number of ether oxygens (including phenoxy) is 1. The highest BCUT2D eigenvalue weighted by Crippen LogP contribution is 2.28. The fraction of sp³-hybridized carbons (Fsp3) is 0.333. The van der Waals surface area contributed by atoms with Crippen molar-refractivity contribution in [1.82, 2.24) is 5.48 Å². The molecule has 0 unspecified atom stereocenters. The van der Waals surface area contributed by atoms with Gasteiger partial charge in [-0.3, -0.25) is 0 Å². The van der Waals surface area contributed by atoms with Crippen LogP contribution >= 0.6 is 11.8 Å². The highest BCUT2D eigenvalue weighted by molar-refractivity contribution is 7.98. The molecule has 4 heteroatoms. The lowest BCUT2D eigenvalue weighted by molar-refractivity contribution is 0.159. The van der Waals surface area contributed by atoms with Gasteiger partial charge in [0.1, 0.15) is 5.75 Å². The maximum Gasteiger partial charge on any atom is 0.124 e. The Balaban J connectivity index is 3.05. The Morgan fingerprint density at radius 1 is 1.54 bits per heavy atom. The highest BCUT2D eigenvalue weighted by Gasteiger charge is 2.06. The largest absolute Gasteiger partial charge is 0.496 e. The van der Waals surface area contributed by atoms with Crippen LogP contribution in [0, 0.1) is 0 Å². The van der Waals surface area contributed by atoms with E-state index in [9.17, 15) is 0 Å². The monoisotopic (exact) mass is 199 g/mol. The third kappa shape index (κ3) is 2.37. The Morgan fingerprint density at radius 2 is 2.31 bits per heavy atom. The van der Waals surface area contributed by atoms with Gasteiger partial charge in [-0.2, -0.15) is 0 Å². The number of hydroxylamine groups is 1. The maximum absolute atomic E-state index is 8.64. The Morgan fingerprint density at radius 3 is 2.85 bits per heavy atom. The average Bonchev–Trinajstić information content (AvgIpc) is 2.18. The van der Waals surface area contributed by atoms with Crippen LogP contribution in [0.5, 0.6) is 5.75 Å². The average molecular weight is 199 g/mol. The lowest BCUT2D eigenvalue weighted by atomic mass is 10.2. The van der Waals surface area contributed by atoms with Crippen LogP contribution in [0.3, 0.4) is 0 Å². The van der Waals surface area contributed by atoms with E-state index in [1.165, 1.54) is 0 Å². The predicted molar refractivity (Wildman–Crippen MR) is 53.4 cm³/mol. The minimum absolute atomic E-state index is 0.403. The summed E-state index contributed by atoms with van der Waals surface area (Å²) in [5.41, 5.74) is 3.13. The van der Waals surface area contributed by atoms with E-state index in [2.05, 4.69) is 5.48 Å². The van der Waals surface area contributed by atoms with Gasteiger partial charge in [0.15, 0.2) is 0 Å². The number of nitrogens with one attached hydrogen (secondary N) is 1. The molecule has 0 aliphatic carbocycles. The van der Waals surface area contributed by atoms with E-state index in [0.717, 1.165) is 16.2 Å². The van der Waals surface area contributed by atoms with E-state index >= 15 is 0 Å². The van der Waals surface area contributed by atoms with Crippen molar-refractivity contribution in [2.24, 2.45) is 0 Å². The molecule has 1 aromatic rings. The summed E-state index contributed by atoms with van der Waals surface area (Å²) in [6.07, 6.45) is 2.00. The van der Waals surface area contributed by atoms with Gasteiger partial charge in [-0.1, -0.05) is 6.07 Å². The van der Waals surface area contributed by atoms with Crippen molar-refractivity contribution in [1.29, 1.82) is 0 Å². The first-order valence-corrected chi connectivity index (χ1v) is 5.12. The number of thioether (sulfide) groups is 1. The molecule has 0 aromatic heterocycles. The molecule has 0 atom stereocenters. The number of methoxy groups -OCH3 is 1. The summed E-state index contributed by atoms with van der Waals surface area (Å²) in [5, 5.41) is 8.64. The second-order valence-corrected chi connectivity index (χ2v) is 3.32. The Labute approximate surface area is 82.1 Å². The van der Waals surface area contributed by atoms with Gasteiger partial charge in [0, 0.05) is 10.5 Å². The van der Waals surface area contributed by atoms with Crippen molar-refractivity contribution in [2.45, 2.75) is 11.4 Å². The number of hydrogen-bond donors (Lipinski definition) is 2. The maximum atomic E-state index is 8.64. The second-order valence-electron chi connectivity index (χ2n) is 2.48. The number of rotatable bonds is 4. The van der Waals surface area contributed by atoms with Crippen LogP contribution in [0.4, 0.5) is 0 Å². The van der Waals surface area contributed by atoms with E-state index in [4.69, 9.17) is 9.94 Å². The number of hydrogen-bond acceptors (Lipinski definition) is 4. The van der Waals surface area contributed by atoms with Crippen molar-refractivity contribution in [3.63, 3.8) is 0 Å². The van der Waals surface area contributed by atoms with Crippen molar-refractivity contribution in [3.8, 4) is 5.75 Å². The summed E-state index contributed by atoms with van der Waals surface area (Å²) >= 11 is 1.63. The summed E-state index contributed by atoms with van der Waals surface area (Å²) in [6.45, 7) is 0.403. The fourth-order valence-corrected chi connectivity index (χ4v) is 1.82. The zero-order chi connectivity index (χ0) is 9.68. The van der Waals surface area contributed by atoms with E-state index < -0.39 is 0 Å². The van der Waals surface area contributed by atoms with Crippen LogP contribution in [-0.2, 0) is 6.54 Å². The molecule has 0 aliphatic heterocycles. The van der Waals surface area contributed by atoms with Crippen molar-refractivity contribution < 1.29 is 9.94 Å². The molecule has 0 amide bonds. The second kappa shape index (κ2) is 5.11. The zero-order valence-corrected chi connectivity index (χ0v) is 8.52. The molecule has 2 N–H and O–H groups in total. The van der Waals surface area contributed by atoms with Crippen LogP contribution < -0.4 is 10.2 Å². The van der Waals surface area contributed by atoms with Gasteiger partial charge >= 0.3 is 0 Å². The summed E-state index contributed by atoms with van der Waals surface area (Å²) in [7, 11) is 1.63. The van der Waals surface area contributed by atoms with Gasteiger partial charge in [0.05, 0.1) is 13.7 Å². The standard InChI is InChI=1S/C9H13NO2S/c1-12-8-4-3-5-9(13-2)7(8)6-10-11/h3-5,10-11H,6H2,1-2H3. The third-order valence-electron chi connectivity index (χ3n) is 1.79. The van der Waals surface area contributed by atoms with E-state index in [-0.39, 0.29) is 0 Å². The van der Waals surface area contributed by atoms with E-state index in [1.54, 1.807) is 18.9 Å². The molecule has 3 nitrogen and oxygen atoms in total. The van der Waals surface area contributed by atoms with Crippen molar-refractivity contribution in [2.75, 3.05) is 13.4 Å². The van der Waals surface area contributed by atoms with Crippen molar-refractivity contribution in [3.05, 3.63) is 23.8 Å². The minimum Gasteiger partial charge on any atom is -0.496 e. The fourth-order valence-electron chi connectivity index (χ4n) is 1.18. The van der Waals surface area contributed by atoms with Gasteiger partial charge < -0.3 is 9.94 Å². The molecule has 1 rings (SSSR count). The lowest BCUT2D eigenvalue weighted by Gasteiger charge is -2.10. The first-order chi connectivity index (χ1) is 6.33. The first kappa shape index (κ1) is 10.4. The van der Waals surface area contributed by atoms with Crippen LogP contribution in [0.2, 0.25) is 0 Å². The molecular formula is C9H13NO2S. The molecule has 13 heavy (non-hydrogen) atoms. The SMILES string of the molecule is COc1cccc(SC)c1CNO. The van der Waals surface area contributed by atoms with Gasteiger partial charge in [-0.15, -0.1) is 11.8 Å². The molecule has 0 heterocycles. The smallest absolute Gasteiger partial charge is 0.124 e. The first-order valence-electron chi connectivity index (χ1n) is 3.90. The molecule has 72 valence electrons. The van der Waals surface area contributed by atoms with E-state index in [1.807, 2.05) is 24.5 Å². The summed E-state index contributed by atoms with van der Waals surface area (Å²) in [4.78, 5) is 1.11. The molecule has 0 fully saturated rings. The highest BCUT2D eigenvalue weighted by atomic mass is 32.2. The van der Waals surface area contributed by atoms with Gasteiger partial charge in [-0.25, -0.2) is 5.48 Å². The quantitative estimate of drug-likeness (QED) is 0.574. The van der Waals surface area contributed by atoms with Crippen LogP contribution in [0.25, 0.3) is 0 Å². The lowest BCUT2D eigenvalue weighted by Crippen LogP contribution is -2.08.